The lowest BCUT2D eigenvalue weighted by molar-refractivity contribution is 0.102. The van der Waals surface area contributed by atoms with Gasteiger partial charge in [-0.05, 0) is 13.3 Å². The minimum Gasteiger partial charge on any atom is -0.450 e. The van der Waals surface area contributed by atoms with Crippen molar-refractivity contribution in [2.24, 2.45) is 0 Å². The molecule has 0 aromatic heterocycles. The van der Waals surface area contributed by atoms with Crippen LogP contribution in [0.4, 0.5) is 4.79 Å². The Hall–Kier alpha value is -1.03. The minimum atomic E-state index is -1.25. The van der Waals surface area contributed by atoms with E-state index in [2.05, 4.69) is 4.74 Å². The monoisotopic (exact) mass is 174 g/mol. The molecule has 0 saturated heterocycles. The largest absolute Gasteiger partial charge is 0.506 e. The van der Waals surface area contributed by atoms with Gasteiger partial charge in [0.25, 0.3) is 0 Å². The topological polar surface area (TPSA) is 55.8 Å². The summed E-state index contributed by atoms with van der Waals surface area (Å²) in [5.41, 5.74) is 0. The number of carbonyl (C=O) groups is 1. The van der Waals surface area contributed by atoms with Gasteiger partial charge in [0.05, 0.1) is 0 Å². The third-order valence-electron chi connectivity index (χ3n) is 1.10. The Labute approximate surface area is 71.8 Å². The molecule has 0 aliphatic heterocycles. The van der Waals surface area contributed by atoms with Crippen LogP contribution >= 0.6 is 0 Å². The lowest BCUT2D eigenvalue weighted by Crippen LogP contribution is -1.99. The van der Waals surface area contributed by atoms with Gasteiger partial charge in [-0.1, -0.05) is 12.2 Å². The lowest BCUT2D eigenvalue weighted by atomic mass is 10.4. The number of hydrogen-bond donors (Lipinski definition) is 1. The van der Waals surface area contributed by atoms with E-state index in [4.69, 9.17) is 9.84 Å². The van der Waals surface area contributed by atoms with Crippen molar-refractivity contribution in [3.8, 4) is 0 Å². The summed E-state index contributed by atoms with van der Waals surface area (Å²) in [5, 5.41) is 8.07. The molecule has 0 rings (SSSR count). The van der Waals surface area contributed by atoms with Crippen molar-refractivity contribution in [1.29, 1.82) is 0 Å². The Morgan fingerprint density at radius 2 is 2.25 bits per heavy atom. The SMILES string of the molecule is CCOCCC=CCOC(=O)O. The molecule has 0 spiro atoms. The Morgan fingerprint density at radius 1 is 1.50 bits per heavy atom. The summed E-state index contributed by atoms with van der Waals surface area (Å²) in [6.45, 7) is 3.41. The first-order valence-corrected chi connectivity index (χ1v) is 3.85. The zero-order valence-corrected chi connectivity index (χ0v) is 7.16. The van der Waals surface area contributed by atoms with Crippen LogP contribution in [0.1, 0.15) is 13.3 Å². The molecule has 0 heterocycles. The van der Waals surface area contributed by atoms with E-state index in [0.29, 0.717) is 13.2 Å². The van der Waals surface area contributed by atoms with E-state index >= 15 is 0 Å². The first-order chi connectivity index (χ1) is 5.77. The highest BCUT2D eigenvalue weighted by molar-refractivity contribution is 5.56. The van der Waals surface area contributed by atoms with Crippen molar-refractivity contribution in [3.63, 3.8) is 0 Å². The molecule has 0 radical (unpaired) electrons. The first-order valence-electron chi connectivity index (χ1n) is 3.85. The van der Waals surface area contributed by atoms with Gasteiger partial charge < -0.3 is 14.6 Å². The highest BCUT2D eigenvalue weighted by Crippen LogP contribution is 1.86. The van der Waals surface area contributed by atoms with Crippen molar-refractivity contribution >= 4 is 6.16 Å². The molecule has 4 nitrogen and oxygen atoms in total. The molecule has 0 aromatic carbocycles. The average molecular weight is 174 g/mol. The van der Waals surface area contributed by atoms with E-state index in [1.165, 1.54) is 0 Å². The van der Waals surface area contributed by atoms with Gasteiger partial charge in [0.15, 0.2) is 0 Å². The van der Waals surface area contributed by atoms with Crippen LogP contribution in [0.2, 0.25) is 0 Å². The quantitative estimate of drug-likeness (QED) is 0.378. The van der Waals surface area contributed by atoms with Gasteiger partial charge in [0, 0.05) is 13.2 Å². The first kappa shape index (κ1) is 11.0. The fraction of sp³-hybridized carbons (Fsp3) is 0.625. The molecule has 0 aliphatic carbocycles. The van der Waals surface area contributed by atoms with E-state index in [1.807, 2.05) is 13.0 Å². The summed E-state index contributed by atoms with van der Waals surface area (Å²) >= 11 is 0. The maximum Gasteiger partial charge on any atom is 0.506 e. The molecule has 0 fully saturated rings. The van der Waals surface area contributed by atoms with Gasteiger partial charge in [-0.15, -0.1) is 0 Å². The number of rotatable bonds is 6. The molecule has 4 heteroatoms. The van der Waals surface area contributed by atoms with Gasteiger partial charge in [0.1, 0.15) is 6.61 Å². The molecule has 0 aromatic rings. The minimum absolute atomic E-state index is 0.113. The predicted molar refractivity (Wildman–Crippen MR) is 44.2 cm³/mol. The van der Waals surface area contributed by atoms with Gasteiger partial charge in [0.2, 0.25) is 0 Å². The zero-order chi connectivity index (χ0) is 9.23. The third-order valence-corrected chi connectivity index (χ3v) is 1.10. The van der Waals surface area contributed by atoms with Gasteiger partial charge in [-0.3, -0.25) is 0 Å². The van der Waals surface area contributed by atoms with Crippen molar-refractivity contribution in [2.45, 2.75) is 13.3 Å². The molecule has 70 valence electrons. The highest BCUT2D eigenvalue weighted by atomic mass is 16.7. The summed E-state index contributed by atoms with van der Waals surface area (Å²) in [7, 11) is 0. The molecule has 0 aliphatic rings. The molecule has 0 saturated carbocycles. The van der Waals surface area contributed by atoms with Crippen LogP contribution < -0.4 is 0 Å². The maximum atomic E-state index is 9.85. The third kappa shape index (κ3) is 8.97. The van der Waals surface area contributed by atoms with Crippen molar-refractivity contribution < 1.29 is 19.4 Å². The Bertz CT molecular complexity index is 142. The van der Waals surface area contributed by atoms with Crippen LogP contribution in [0, 0.1) is 0 Å². The fourth-order valence-corrected chi connectivity index (χ4v) is 0.601. The second-order valence-electron chi connectivity index (χ2n) is 2.03. The average Bonchev–Trinajstić information content (AvgIpc) is 2.02. The molecule has 0 atom stereocenters. The Balaban J connectivity index is 3.09. The zero-order valence-electron chi connectivity index (χ0n) is 7.16. The van der Waals surface area contributed by atoms with Crippen LogP contribution in [0.3, 0.4) is 0 Å². The van der Waals surface area contributed by atoms with E-state index < -0.39 is 6.16 Å². The molecule has 12 heavy (non-hydrogen) atoms. The second kappa shape index (κ2) is 8.07. The summed E-state index contributed by atoms with van der Waals surface area (Å²) in [6, 6.07) is 0. The Kier molecular flexibility index (Phi) is 7.38. The molecular formula is C8H14O4. The van der Waals surface area contributed by atoms with Crippen molar-refractivity contribution in [3.05, 3.63) is 12.2 Å². The highest BCUT2D eigenvalue weighted by Gasteiger charge is 1.89. The normalized spacial score (nSPS) is 10.4. The van der Waals surface area contributed by atoms with Crippen LogP contribution in [-0.4, -0.2) is 31.1 Å². The van der Waals surface area contributed by atoms with Crippen LogP contribution in [0.25, 0.3) is 0 Å². The molecular weight excluding hydrogens is 160 g/mol. The second-order valence-corrected chi connectivity index (χ2v) is 2.03. The summed E-state index contributed by atoms with van der Waals surface area (Å²) < 4.78 is 9.29. The summed E-state index contributed by atoms with van der Waals surface area (Å²) in [4.78, 5) is 9.85. The van der Waals surface area contributed by atoms with E-state index in [-0.39, 0.29) is 6.61 Å². The summed E-state index contributed by atoms with van der Waals surface area (Å²) in [6.07, 6.45) is 3.03. The molecule has 1 N–H and O–H groups in total. The number of carboxylic acid groups (broad SMARTS) is 1. The Morgan fingerprint density at radius 3 is 2.83 bits per heavy atom. The number of ether oxygens (including phenoxy) is 2. The standard InChI is InChI=1S/C8H14O4/c1-2-11-6-4-3-5-7-12-8(9)10/h3,5H,2,4,6-7H2,1H3,(H,9,10). The van der Waals surface area contributed by atoms with E-state index in [1.54, 1.807) is 6.08 Å². The van der Waals surface area contributed by atoms with Crippen molar-refractivity contribution in [1.82, 2.24) is 0 Å². The molecule has 0 amide bonds. The maximum absolute atomic E-state index is 9.85. The van der Waals surface area contributed by atoms with Crippen LogP contribution in [0.15, 0.2) is 12.2 Å². The summed E-state index contributed by atoms with van der Waals surface area (Å²) in [5.74, 6) is 0. The smallest absolute Gasteiger partial charge is 0.450 e. The van der Waals surface area contributed by atoms with E-state index in [0.717, 1.165) is 6.42 Å². The van der Waals surface area contributed by atoms with Gasteiger partial charge in [-0.2, -0.15) is 0 Å². The predicted octanol–water partition coefficient (Wildman–Crippen LogP) is 1.66. The van der Waals surface area contributed by atoms with Crippen molar-refractivity contribution in [2.75, 3.05) is 19.8 Å². The van der Waals surface area contributed by atoms with Crippen LogP contribution in [-0.2, 0) is 9.47 Å². The van der Waals surface area contributed by atoms with Gasteiger partial charge >= 0.3 is 6.16 Å². The fourth-order valence-electron chi connectivity index (χ4n) is 0.601. The lowest BCUT2D eigenvalue weighted by Gasteiger charge is -1.95. The van der Waals surface area contributed by atoms with Gasteiger partial charge in [-0.25, -0.2) is 4.79 Å². The van der Waals surface area contributed by atoms with E-state index in [9.17, 15) is 4.79 Å². The molecule has 0 unspecified atom stereocenters. The molecule has 0 bridgehead atoms. The number of hydrogen-bond acceptors (Lipinski definition) is 3. The van der Waals surface area contributed by atoms with Crippen LogP contribution in [0.5, 0.6) is 0 Å².